The molecule has 3 rings (SSSR count). The van der Waals surface area contributed by atoms with Crippen LogP contribution in [0.3, 0.4) is 0 Å². The van der Waals surface area contributed by atoms with Crippen molar-refractivity contribution in [3.8, 4) is 0 Å². The van der Waals surface area contributed by atoms with Crippen molar-refractivity contribution in [1.82, 2.24) is 9.88 Å². The largest absolute Gasteiger partial charge is 0.352 e. The van der Waals surface area contributed by atoms with Gasteiger partial charge in [-0.3, -0.25) is 4.79 Å². The van der Waals surface area contributed by atoms with Gasteiger partial charge in [0.15, 0.2) is 0 Å². The maximum absolute atomic E-state index is 12.4. The molecule has 0 atom stereocenters. The number of pyridine rings is 1. The van der Waals surface area contributed by atoms with Crippen molar-refractivity contribution < 1.29 is 4.79 Å². The van der Waals surface area contributed by atoms with E-state index in [1.54, 1.807) is 6.20 Å². The Bertz CT molecular complexity index is 624. The van der Waals surface area contributed by atoms with Gasteiger partial charge in [-0.1, -0.05) is 29.8 Å². The van der Waals surface area contributed by atoms with Crippen LogP contribution in [0.15, 0.2) is 48.7 Å². The van der Waals surface area contributed by atoms with Gasteiger partial charge in [0, 0.05) is 37.9 Å². The molecule has 0 radical (unpaired) electrons. The van der Waals surface area contributed by atoms with E-state index in [0.717, 1.165) is 24.5 Å². The number of aromatic nitrogens is 1. The molecule has 21 heavy (non-hydrogen) atoms. The van der Waals surface area contributed by atoms with Crippen LogP contribution in [0.25, 0.3) is 0 Å². The van der Waals surface area contributed by atoms with Crippen LogP contribution in [-0.4, -0.2) is 42.0 Å². The topological polar surface area (TPSA) is 36.4 Å². The number of piperazine rings is 1. The van der Waals surface area contributed by atoms with Crippen LogP contribution < -0.4 is 4.90 Å². The first-order chi connectivity index (χ1) is 10.3. The molecule has 0 spiro atoms. The molecular formula is C16H16ClN3O. The van der Waals surface area contributed by atoms with Crippen molar-refractivity contribution in [1.29, 1.82) is 0 Å². The molecule has 1 aromatic heterocycles. The van der Waals surface area contributed by atoms with Crippen LogP contribution in [0.5, 0.6) is 0 Å². The van der Waals surface area contributed by atoms with Crippen molar-refractivity contribution in [2.45, 2.75) is 0 Å². The molecule has 1 aromatic carbocycles. The maximum atomic E-state index is 12.4. The molecule has 0 bridgehead atoms. The van der Waals surface area contributed by atoms with Gasteiger partial charge in [-0.2, -0.15) is 0 Å². The number of amides is 1. The van der Waals surface area contributed by atoms with E-state index in [1.165, 1.54) is 0 Å². The minimum absolute atomic E-state index is 0.0855. The Morgan fingerprint density at radius 2 is 1.71 bits per heavy atom. The summed E-state index contributed by atoms with van der Waals surface area (Å²) in [5.41, 5.74) is 0.738. The number of halogens is 1. The van der Waals surface area contributed by atoms with Crippen LogP contribution in [-0.2, 0) is 0 Å². The van der Waals surface area contributed by atoms with Crippen LogP contribution in [0.4, 0.5) is 5.82 Å². The van der Waals surface area contributed by atoms with Crippen molar-refractivity contribution in [3.05, 3.63) is 59.2 Å². The molecule has 1 fully saturated rings. The van der Waals surface area contributed by atoms with E-state index in [9.17, 15) is 4.79 Å². The van der Waals surface area contributed by atoms with Crippen molar-refractivity contribution >= 4 is 23.3 Å². The van der Waals surface area contributed by atoms with E-state index in [0.29, 0.717) is 18.1 Å². The molecule has 108 valence electrons. The fourth-order valence-corrected chi connectivity index (χ4v) is 2.74. The number of rotatable bonds is 2. The molecule has 0 aliphatic carbocycles. The average molecular weight is 302 g/mol. The predicted octanol–water partition coefficient (Wildman–Crippen LogP) is 2.70. The van der Waals surface area contributed by atoms with E-state index in [1.807, 2.05) is 47.4 Å². The Morgan fingerprint density at radius 1 is 1.00 bits per heavy atom. The SMILES string of the molecule is O=C(c1ccccc1)N1CCN(c2ncccc2Cl)CC1. The number of anilines is 1. The lowest BCUT2D eigenvalue weighted by atomic mass is 10.2. The van der Waals surface area contributed by atoms with Gasteiger partial charge in [0.1, 0.15) is 5.82 Å². The fourth-order valence-electron chi connectivity index (χ4n) is 2.49. The van der Waals surface area contributed by atoms with Gasteiger partial charge in [-0.15, -0.1) is 0 Å². The standard InChI is InChI=1S/C16H16ClN3O/c17-14-7-4-8-18-15(14)19-9-11-20(12-10-19)16(21)13-5-2-1-3-6-13/h1-8H,9-12H2. The lowest BCUT2D eigenvalue weighted by Gasteiger charge is -2.35. The Balaban J connectivity index is 1.66. The quantitative estimate of drug-likeness (QED) is 0.856. The van der Waals surface area contributed by atoms with Gasteiger partial charge in [0.2, 0.25) is 0 Å². The zero-order valence-electron chi connectivity index (χ0n) is 11.6. The third-order valence-corrected chi connectivity index (χ3v) is 3.92. The number of carbonyl (C=O) groups is 1. The molecule has 1 amide bonds. The summed E-state index contributed by atoms with van der Waals surface area (Å²) in [4.78, 5) is 20.7. The zero-order chi connectivity index (χ0) is 14.7. The van der Waals surface area contributed by atoms with Crippen LogP contribution in [0.1, 0.15) is 10.4 Å². The summed E-state index contributed by atoms with van der Waals surface area (Å²) < 4.78 is 0. The molecule has 5 heteroatoms. The van der Waals surface area contributed by atoms with Gasteiger partial charge in [0.25, 0.3) is 5.91 Å². The highest BCUT2D eigenvalue weighted by atomic mass is 35.5. The summed E-state index contributed by atoms with van der Waals surface area (Å²) in [5, 5.41) is 0.653. The minimum Gasteiger partial charge on any atom is -0.352 e. The second-order valence-electron chi connectivity index (χ2n) is 4.95. The number of hydrogen-bond acceptors (Lipinski definition) is 3. The predicted molar refractivity (Wildman–Crippen MR) is 83.8 cm³/mol. The molecule has 1 aliphatic heterocycles. The van der Waals surface area contributed by atoms with E-state index >= 15 is 0 Å². The number of benzene rings is 1. The normalized spacial score (nSPS) is 15.1. The van der Waals surface area contributed by atoms with Crippen molar-refractivity contribution in [3.63, 3.8) is 0 Å². The van der Waals surface area contributed by atoms with Gasteiger partial charge in [-0.25, -0.2) is 4.98 Å². The molecule has 4 nitrogen and oxygen atoms in total. The second kappa shape index (κ2) is 6.14. The lowest BCUT2D eigenvalue weighted by molar-refractivity contribution is 0.0746. The van der Waals surface area contributed by atoms with E-state index in [2.05, 4.69) is 9.88 Å². The van der Waals surface area contributed by atoms with Crippen LogP contribution in [0.2, 0.25) is 5.02 Å². The van der Waals surface area contributed by atoms with Gasteiger partial charge >= 0.3 is 0 Å². The van der Waals surface area contributed by atoms with Gasteiger partial charge in [-0.05, 0) is 24.3 Å². The first-order valence-corrected chi connectivity index (χ1v) is 7.33. The van der Waals surface area contributed by atoms with E-state index < -0.39 is 0 Å². The molecule has 2 aromatic rings. The summed E-state index contributed by atoms with van der Waals surface area (Å²) in [6.45, 7) is 2.85. The van der Waals surface area contributed by atoms with Gasteiger partial charge < -0.3 is 9.80 Å². The molecular weight excluding hydrogens is 286 g/mol. The Morgan fingerprint density at radius 3 is 2.38 bits per heavy atom. The molecule has 1 aliphatic rings. The third kappa shape index (κ3) is 3.00. The third-order valence-electron chi connectivity index (χ3n) is 3.63. The number of nitrogens with zero attached hydrogens (tertiary/aromatic N) is 3. The monoisotopic (exact) mass is 301 g/mol. The lowest BCUT2D eigenvalue weighted by Crippen LogP contribution is -2.49. The summed E-state index contributed by atoms with van der Waals surface area (Å²) in [6, 6.07) is 13.0. The number of hydrogen-bond donors (Lipinski definition) is 0. The highest BCUT2D eigenvalue weighted by molar-refractivity contribution is 6.32. The van der Waals surface area contributed by atoms with Crippen LogP contribution >= 0.6 is 11.6 Å². The summed E-state index contributed by atoms with van der Waals surface area (Å²) in [6.07, 6.45) is 1.74. The van der Waals surface area contributed by atoms with Gasteiger partial charge in [0.05, 0.1) is 5.02 Å². The van der Waals surface area contributed by atoms with E-state index in [-0.39, 0.29) is 5.91 Å². The first kappa shape index (κ1) is 13.9. The molecule has 0 unspecified atom stereocenters. The van der Waals surface area contributed by atoms with Crippen molar-refractivity contribution in [2.24, 2.45) is 0 Å². The molecule has 1 saturated heterocycles. The highest BCUT2D eigenvalue weighted by Gasteiger charge is 2.23. The first-order valence-electron chi connectivity index (χ1n) is 6.95. The number of carbonyl (C=O) groups excluding carboxylic acids is 1. The highest BCUT2D eigenvalue weighted by Crippen LogP contribution is 2.23. The summed E-state index contributed by atoms with van der Waals surface area (Å²) >= 11 is 6.17. The second-order valence-corrected chi connectivity index (χ2v) is 5.36. The molecule has 0 N–H and O–H groups in total. The minimum atomic E-state index is 0.0855. The fraction of sp³-hybridized carbons (Fsp3) is 0.250. The smallest absolute Gasteiger partial charge is 0.253 e. The zero-order valence-corrected chi connectivity index (χ0v) is 12.3. The maximum Gasteiger partial charge on any atom is 0.253 e. The summed E-state index contributed by atoms with van der Waals surface area (Å²) in [5.74, 6) is 0.883. The Hall–Kier alpha value is -2.07. The molecule has 0 saturated carbocycles. The van der Waals surface area contributed by atoms with Crippen LogP contribution in [0, 0.1) is 0 Å². The average Bonchev–Trinajstić information content (AvgIpc) is 2.56. The Kier molecular flexibility index (Phi) is 4.06. The van der Waals surface area contributed by atoms with E-state index in [4.69, 9.17) is 11.6 Å². The molecule has 2 heterocycles. The summed E-state index contributed by atoms with van der Waals surface area (Å²) in [7, 11) is 0. The Labute approximate surface area is 129 Å². The van der Waals surface area contributed by atoms with Crippen molar-refractivity contribution in [2.75, 3.05) is 31.1 Å².